The quantitative estimate of drug-likeness (QED) is 0.600. The summed E-state index contributed by atoms with van der Waals surface area (Å²) < 4.78 is 12.0. The van der Waals surface area contributed by atoms with Crippen LogP contribution in [0, 0.1) is 0 Å². The number of hydrogen-bond donors (Lipinski definition) is 0. The van der Waals surface area contributed by atoms with Crippen LogP contribution in [0.25, 0.3) is 0 Å². The summed E-state index contributed by atoms with van der Waals surface area (Å²) in [5, 5.41) is 7.94. The van der Waals surface area contributed by atoms with E-state index in [1.807, 2.05) is 17.8 Å². The molecule has 0 aliphatic rings. The second kappa shape index (κ2) is 6.50. The van der Waals surface area contributed by atoms with Crippen molar-refractivity contribution in [1.29, 1.82) is 0 Å². The molecule has 0 amide bonds. The fourth-order valence-corrected chi connectivity index (χ4v) is 1.03. The summed E-state index contributed by atoms with van der Waals surface area (Å²) in [6.07, 6.45) is 2.75. The van der Waals surface area contributed by atoms with Crippen LogP contribution >= 0.6 is 0 Å². The van der Waals surface area contributed by atoms with Gasteiger partial charge in [0.15, 0.2) is 0 Å². The van der Waals surface area contributed by atoms with Gasteiger partial charge >= 0.3 is 0 Å². The SMILES string of the molecule is CCn1cc(CCOCCOC)nn1. The highest BCUT2D eigenvalue weighted by atomic mass is 16.5. The molecule has 80 valence electrons. The van der Waals surface area contributed by atoms with Gasteiger partial charge < -0.3 is 9.47 Å². The normalized spacial score (nSPS) is 10.7. The van der Waals surface area contributed by atoms with Crippen LogP contribution in [0.2, 0.25) is 0 Å². The highest BCUT2D eigenvalue weighted by Crippen LogP contribution is 1.94. The summed E-state index contributed by atoms with van der Waals surface area (Å²) in [5.74, 6) is 0. The molecule has 0 radical (unpaired) electrons. The zero-order chi connectivity index (χ0) is 10.2. The number of aryl methyl sites for hydroxylation is 1. The molecule has 0 unspecified atom stereocenters. The van der Waals surface area contributed by atoms with Crippen LogP contribution in [0.15, 0.2) is 6.20 Å². The van der Waals surface area contributed by atoms with Gasteiger partial charge in [-0.15, -0.1) is 5.10 Å². The Morgan fingerprint density at radius 1 is 1.36 bits per heavy atom. The van der Waals surface area contributed by atoms with Gasteiger partial charge in [-0.05, 0) is 6.92 Å². The molecule has 1 aromatic rings. The van der Waals surface area contributed by atoms with E-state index in [1.165, 1.54) is 0 Å². The van der Waals surface area contributed by atoms with Crippen LogP contribution in [0.5, 0.6) is 0 Å². The van der Waals surface area contributed by atoms with E-state index in [9.17, 15) is 0 Å². The molecule has 0 saturated carbocycles. The van der Waals surface area contributed by atoms with Gasteiger partial charge in [0.25, 0.3) is 0 Å². The third kappa shape index (κ3) is 3.85. The molecular formula is C9H17N3O2. The molecule has 0 aliphatic carbocycles. The lowest BCUT2D eigenvalue weighted by Crippen LogP contribution is -2.05. The number of aromatic nitrogens is 3. The van der Waals surface area contributed by atoms with Crippen molar-refractivity contribution < 1.29 is 9.47 Å². The summed E-state index contributed by atoms with van der Waals surface area (Å²) in [7, 11) is 1.66. The summed E-state index contributed by atoms with van der Waals surface area (Å²) >= 11 is 0. The minimum Gasteiger partial charge on any atom is -0.382 e. The minimum absolute atomic E-state index is 0.637. The van der Waals surface area contributed by atoms with E-state index >= 15 is 0 Å². The molecule has 5 nitrogen and oxygen atoms in total. The van der Waals surface area contributed by atoms with Crippen molar-refractivity contribution in [2.45, 2.75) is 19.9 Å². The van der Waals surface area contributed by atoms with Crippen molar-refractivity contribution in [3.8, 4) is 0 Å². The van der Waals surface area contributed by atoms with Gasteiger partial charge in [-0.1, -0.05) is 5.21 Å². The summed E-state index contributed by atoms with van der Waals surface area (Å²) in [6.45, 7) is 4.84. The Morgan fingerprint density at radius 2 is 2.21 bits per heavy atom. The maximum atomic E-state index is 5.32. The van der Waals surface area contributed by atoms with Crippen LogP contribution < -0.4 is 0 Å². The Morgan fingerprint density at radius 3 is 2.86 bits per heavy atom. The predicted octanol–water partition coefficient (Wildman–Crippen LogP) is 0.503. The van der Waals surface area contributed by atoms with Gasteiger partial charge in [-0.25, -0.2) is 0 Å². The Bertz CT molecular complexity index is 250. The second-order valence-corrected chi connectivity index (χ2v) is 2.92. The maximum absolute atomic E-state index is 5.32. The number of ether oxygens (including phenoxy) is 2. The molecule has 0 aromatic carbocycles. The first-order chi connectivity index (χ1) is 6.86. The molecule has 0 bridgehead atoms. The number of rotatable bonds is 7. The average Bonchev–Trinajstić information content (AvgIpc) is 2.65. The van der Waals surface area contributed by atoms with E-state index < -0.39 is 0 Å². The molecule has 1 heterocycles. The van der Waals surface area contributed by atoms with Gasteiger partial charge in [0.05, 0.1) is 25.5 Å². The van der Waals surface area contributed by atoms with Crippen molar-refractivity contribution in [1.82, 2.24) is 15.0 Å². The molecule has 0 fully saturated rings. The van der Waals surface area contributed by atoms with Gasteiger partial charge in [-0.2, -0.15) is 0 Å². The van der Waals surface area contributed by atoms with Gasteiger partial charge in [-0.3, -0.25) is 4.68 Å². The molecule has 0 spiro atoms. The molecule has 14 heavy (non-hydrogen) atoms. The van der Waals surface area contributed by atoms with Crippen molar-refractivity contribution >= 4 is 0 Å². The highest BCUT2D eigenvalue weighted by Gasteiger charge is 1.98. The van der Waals surface area contributed by atoms with E-state index in [1.54, 1.807) is 7.11 Å². The molecule has 0 N–H and O–H groups in total. The highest BCUT2D eigenvalue weighted by molar-refractivity contribution is 4.91. The molecule has 1 rings (SSSR count). The average molecular weight is 199 g/mol. The zero-order valence-electron chi connectivity index (χ0n) is 8.77. The first kappa shape index (κ1) is 11.1. The van der Waals surface area contributed by atoms with Crippen LogP contribution in [-0.4, -0.2) is 41.9 Å². The predicted molar refractivity (Wildman–Crippen MR) is 52.1 cm³/mol. The van der Waals surface area contributed by atoms with Crippen molar-refractivity contribution in [2.24, 2.45) is 0 Å². The Hall–Kier alpha value is -0.940. The lowest BCUT2D eigenvalue weighted by molar-refractivity contribution is 0.0719. The monoisotopic (exact) mass is 199 g/mol. The van der Waals surface area contributed by atoms with Gasteiger partial charge in [0.2, 0.25) is 0 Å². The standard InChI is InChI=1S/C9H17N3O2/c1-3-12-8-9(10-11-12)4-5-14-7-6-13-2/h8H,3-7H2,1-2H3. The summed E-state index contributed by atoms with van der Waals surface area (Å²) in [4.78, 5) is 0. The molecular weight excluding hydrogens is 182 g/mol. The van der Waals surface area contributed by atoms with E-state index in [0.29, 0.717) is 19.8 Å². The minimum atomic E-state index is 0.637. The summed E-state index contributed by atoms with van der Waals surface area (Å²) in [5.41, 5.74) is 0.976. The first-order valence-corrected chi connectivity index (χ1v) is 4.82. The van der Waals surface area contributed by atoms with E-state index in [2.05, 4.69) is 10.3 Å². The summed E-state index contributed by atoms with van der Waals surface area (Å²) in [6, 6.07) is 0. The van der Waals surface area contributed by atoms with Crippen LogP contribution in [0.4, 0.5) is 0 Å². The Kier molecular flexibility index (Phi) is 5.17. The lowest BCUT2D eigenvalue weighted by atomic mass is 10.3. The number of methoxy groups -OCH3 is 1. The first-order valence-electron chi connectivity index (χ1n) is 4.82. The van der Waals surface area contributed by atoms with Crippen molar-refractivity contribution in [3.05, 3.63) is 11.9 Å². The van der Waals surface area contributed by atoms with Crippen LogP contribution in [0.3, 0.4) is 0 Å². The topological polar surface area (TPSA) is 49.2 Å². The third-order valence-corrected chi connectivity index (χ3v) is 1.84. The molecule has 0 atom stereocenters. The molecule has 0 aliphatic heterocycles. The van der Waals surface area contributed by atoms with E-state index in [4.69, 9.17) is 9.47 Å². The maximum Gasteiger partial charge on any atom is 0.0850 e. The van der Waals surface area contributed by atoms with E-state index in [-0.39, 0.29) is 0 Å². The number of nitrogens with zero attached hydrogens (tertiary/aromatic N) is 3. The smallest absolute Gasteiger partial charge is 0.0850 e. The van der Waals surface area contributed by atoms with Gasteiger partial charge in [0, 0.05) is 26.3 Å². The fourth-order valence-electron chi connectivity index (χ4n) is 1.03. The zero-order valence-corrected chi connectivity index (χ0v) is 8.77. The van der Waals surface area contributed by atoms with Crippen molar-refractivity contribution in [3.63, 3.8) is 0 Å². The molecule has 1 aromatic heterocycles. The molecule has 0 saturated heterocycles. The van der Waals surface area contributed by atoms with E-state index in [0.717, 1.165) is 18.7 Å². The van der Waals surface area contributed by atoms with Crippen molar-refractivity contribution in [2.75, 3.05) is 26.9 Å². The third-order valence-electron chi connectivity index (χ3n) is 1.84. The largest absolute Gasteiger partial charge is 0.382 e. The van der Waals surface area contributed by atoms with Crippen LogP contribution in [0.1, 0.15) is 12.6 Å². The Balaban J connectivity index is 2.12. The number of hydrogen-bond acceptors (Lipinski definition) is 4. The lowest BCUT2D eigenvalue weighted by Gasteiger charge is -2.00. The van der Waals surface area contributed by atoms with Crippen LogP contribution in [-0.2, 0) is 22.4 Å². The molecule has 5 heteroatoms. The second-order valence-electron chi connectivity index (χ2n) is 2.92. The fraction of sp³-hybridized carbons (Fsp3) is 0.778. The van der Waals surface area contributed by atoms with Gasteiger partial charge in [0.1, 0.15) is 0 Å². The Labute approximate surface area is 84.0 Å².